The highest BCUT2D eigenvalue weighted by atomic mass is 16.2. The van der Waals surface area contributed by atoms with Crippen molar-refractivity contribution in [1.82, 2.24) is 4.90 Å². The summed E-state index contributed by atoms with van der Waals surface area (Å²) in [5.74, 6) is 0.0223. The van der Waals surface area contributed by atoms with Crippen molar-refractivity contribution in [2.45, 2.75) is 19.8 Å². The number of carbonyl (C=O) groups excluding carboxylic acids is 1. The second-order valence-corrected chi connectivity index (χ2v) is 6.72. The van der Waals surface area contributed by atoms with Gasteiger partial charge in [-0.15, -0.1) is 0 Å². The first kappa shape index (κ1) is 17.5. The predicted octanol–water partition coefficient (Wildman–Crippen LogP) is 3.54. The van der Waals surface area contributed by atoms with E-state index in [4.69, 9.17) is 0 Å². The Morgan fingerprint density at radius 1 is 1.04 bits per heavy atom. The average molecular weight is 337 g/mol. The summed E-state index contributed by atoms with van der Waals surface area (Å²) in [4.78, 5) is 17.2. The Bertz CT molecular complexity index is 663. The number of hydrogen-bond acceptors (Lipinski definition) is 3. The number of amides is 1. The van der Waals surface area contributed by atoms with Crippen LogP contribution in [0.15, 0.2) is 54.6 Å². The molecule has 1 heterocycles. The number of likely N-dealkylation sites (tertiary alicyclic amines) is 1. The highest BCUT2D eigenvalue weighted by molar-refractivity contribution is 5.94. The summed E-state index contributed by atoms with van der Waals surface area (Å²) >= 11 is 0. The van der Waals surface area contributed by atoms with Gasteiger partial charge in [-0.25, -0.2) is 0 Å². The summed E-state index contributed by atoms with van der Waals surface area (Å²) in [7, 11) is 0. The van der Waals surface area contributed by atoms with E-state index in [0.717, 1.165) is 24.5 Å². The first-order valence-electron chi connectivity index (χ1n) is 9.09. The molecule has 1 amide bonds. The van der Waals surface area contributed by atoms with Gasteiger partial charge in [-0.2, -0.15) is 0 Å². The number of para-hydroxylation sites is 1. The Morgan fingerprint density at radius 3 is 2.40 bits per heavy atom. The van der Waals surface area contributed by atoms with Crippen LogP contribution in [0.3, 0.4) is 0 Å². The molecular weight excluding hydrogens is 310 g/mol. The van der Waals surface area contributed by atoms with Crippen molar-refractivity contribution in [3.63, 3.8) is 0 Å². The van der Waals surface area contributed by atoms with Crippen LogP contribution < -0.4 is 10.2 Å². The molecule has 0 atom stereocenters. The van der Waals surface area contributed by atoms with Crippen LogP contribution in [0, 0.1) is 6.92 Å². The lowest BCUT2D eigenvalue weighted by molar-refractivity contribution is -0.115. The third-order valence-electron chi connectivity index (χ3n) is 4.68. The van der Waals surface area contributed by atoms with Gasteiger partial charge in [-0.3, -0.25) is 4.79 Å². The van der Waals surface area contributed by atoms with E-state index in [1.807, 2.05) is 49.4 Å². The lowest BCUT2D eigenvalue weighted by atomic mass is 10.2. The maximum absolute atomic E-state index is 12.5. The minimum absolute atomic E-state index is 0.0223. The molecule has 0 bridgehead atoms. The van der Waals surface area contributed by atoms with Crippen LogP contribution >= 0.6 is 0 Å². The highest BCUT2D eigenvalue weighted by Gasteiger charge is 2.16. The molecule has 0 spiro atoms. The Hall–Kier alpha value is -2.33. The molecule has 132 valence electrons. The molecular formula is C21H27N3O. The van der Waals surface area contributed by atoms with E-state index in [0.29, 0.717) is 6.54 Å². The Labute approximate surface area is 150 Å². The monoisotopic (exact) mass is 337 g/mol. The number of carbonyl (C=O) groups is 1. The SMILES string of the molecule is Cc1ccc(NC(=O)CN(CCN2CCCC2)c2ccccc2)cc1. The van der Waals surface area contributed by atoms with Gasteiger partial charge in [0.1, 0.15) is 0 Å². The van der Waals surface area contributed by atoms with E-state index in [-0.39, 0.29) is 5.91 Å². The van der Waals surface area contributed by atoms with Crippen LogP contribution in [0.2, 0.25) is 0 Å². The molecule has 0 unspecified atom stereocenters. The van der Waals surface area contributed by atoms with Crippen molar-refractivity contribution in [3.05, 3.63) is 60.2 Å². The van der Waals surface area contributed by atoms with Crippen molar-refractivity contribution < 1.29 is 4.79 Å². The van der Waals surface area contributed by atoms with Crippen molar-refractivity contribution >= 4 is 17.3 Å². The maximum atomic E-state index is 12.5. The van der Waals surface area contributed by atoms with Gasteiger partial charge in [0.05, 0.1) is 6.54 Å². The molecule has 1 aliphatic heterocycles. The van der Waals surface area contributed by atoms with Crippen molar-refractivity contribution in [2.75, 3.05) is 42.9 Å². The Balaban J connectivity index is 1.61. The van der Waals surface area contributed by atoms with E-state index in [9.17, 15) is 4.79 Å². The van der Waals surface area contributed by atoms with Gasteiger partial charge in [0.25, 0.3) is 0 Å². The third-order valence-corrected chi connectivity index (χ3v) is 4.68. The molecule has 2 aromatic carbocycles. The number of hydrogen-bond donors (Lipinski definition) is 1. The summed E-state index contributed by atoms with van der Waals surface area (Å²) in [6.45, 7) is 6.64. The number of rotatable bonds is 7. The lowest BCUT2D eigenvalue weighted by Gasteiger charge is -2.27. The first-order valence-corrected chi connectivity index (χ1v) is 9.09. The standard InChI is InChI=1S/C21H27N3O/c1-18-9-11-19(12-10-18)22-21(25)17-24(20-7-3-2-4-8-20)16-15-23-13-5-6-14-23/h2-4,7-12H,5-6,13-17H2,1H3,(H,22,25). The summed E-state index contributed by atoms with van der Waals surface area (Å²) in [5, 5.41) is 3.00. The molecule has 1 fully saturated rings. The van der Waals surface area contributed by atoms with E-state index in [1.165, 1.54) is 31.5 Å². The van der Waals surface area contributed by atoms with Crippen LogP contribution in [-0.4, -0.2) is 43.5 Å². The van der Waals surface area contributed by atoms with Crippen molar-refractivity contribution in [3.8, 4) is 0 Å². The van der Waals surface area contributed by atoms with Crippen molar-refractivity contribution in [2.24, 2.45) is 0 Å². The molecule has 1 N–H and O–H groups in total. The number of aryl methyl sites for hydroxylation is 1. The fraction of sp³-hybridized carbons (Fsp3) is 0.381. The Morgan fingerprint density at radius 2 is 1.72 bits per heavy atom. The highest BCUT2D eigenvalue weighted by Crippen LogP contribution is 2.15. The van der Waals surface area contributed by atoms with Gasteiger partial charge in [0.15, 0.2) is 0 Å². The van der Waals surface area contributed by atoms with Gasteiger partial charge < -0.3 is 15.1 Å². The van der Waals surface area contributed by atoms with Crippen LogP contribution in [0.25, 0.3) is 0 Å². The molecule has 0 aromatic heterocycles. The molecule has 4 heteroatoms. The minimum atomic E-state index is 0.0223. The van der Waals surface area contributed by atoms with E-state index >= 15 is 0 Å². The van der Waals surface area contributed by atoms with Crippen LogP contribution in [0.5, 0.6) is 0 Å². The smallest absolute Gasteiger partial charge is 0.243 e. The maximum Gasteiger partial charge on any atom is 0.243 e. The zero-order valence-electron chi connectivity index (χ0n) is 14.9. The van der Waals surface area contributed by atoms with Gasteiger partial charge >= 0.3 is 0 Å². The lowest BCUT2D eigenvalue weighted by Crippen LogP contribution is -2.38. The average Bonchev–Trinajstić information content (AvgIpc) is 3.15. The van der Waals surface area contributed by atoms with E-state index in [2.05, 4.69) is 27.2 Å². The number of nitrogens with one attached hydrogen (secondary N) is 1. The molecule has 4 nitrogen and oxygen atoms in total. The van der Waals surface area contributed by atoms with E-state index < -0.39 is 0 Å². The minimum Gasteiger partial charge on any atom is -0.361 e. The number of benzene rings is 2. The summed E-state index contributed by atoms with van der Waals surface area (Å²) in [6.07, 6.45) is 2.58. The topological polar surface area (TPSA) is 35.6 Å². The normalized spacial score (nSPS) is 14.4. The van der Waals surface area contributed by atoms with Gasteiger partial charge in [-0.05, 0) is 57.1 Å². The number of anilines is 2. The van der Waals surface area contributed by atoms with Crippen LogP contribution in [0.4, 0.5) is 11.4 Å². The summed E-state index contributed by atoms with van der Waals surface area (Å²) in [5.41, 5.74) is 3.14. The quantitative estimate of drug-likeness (QED) is 0.839. The van der Waals surface area contributed by atoms with E-state index in [1.54, 1.807) is 0 Å². The molecule has 2 aromatic rings. The van der Waals surface area contributed by atoms with Crippen LogP contribution in [-0.2, 0) is 4.79 Å². The molecule has 25 heavy (non-hydrogen) atoms. The zero-order valence-corrected chi connectivity index (χ0v) is 14.9. The number of nitrogens with zero attached hydrogens (tertiary/aromatic N) is 2. The summed E-state index contributed by atoms with van der Waals surface area (Å²) < 4.78 is 0. The van der Waals surface area contributed by atoms with Gasteiger partial charge in [-0.1, -0.05) is 35.9 Å². The van der Waals surface area contributed by atoms with Crippen molar-refractivity contribution in [1.29, 1.82) is 0 Å². The third kappa shape index (κ3) is 5.33. The van der Waals surface area contributed by atoms with Gasteiger partial charge in [0, 0.05) is 24.5 Å². The Kier molecular flexibility index (Phi) is 6.07. The molecule has 1 saturated heterocycles. The van der Waals surface area contributed by atoms with Crippen LogP contribution in [0.1, 0.15) is 18.4 Å². The molecule has 0 saturated carbocycles. The fourth-order valence-electron chi connectivity index (χ4n) is 3.22. The molecule has 0 aliphatic carbocycles. The first-order chi connectivity index (χ1) is 12.2. The zero-order chi connectivity index (χ0) is 17.5. The molecule has 0 radical (unpaired) electrons. The molecule has 1 aliphatic rings. The predicted molar refractivity (Wildman–Crippen MR) is 104 cm³/mol. The largest absolute Gasteiger partial charge is 0.361 e. The second kappa shape index (κ2) is 8.67. The second-order valence-electron chi connectivity index (χ2n) is 6.72. The fourth-order valence-corrected chi connectivity index (χ4v) is 3.22. The van der Waals surface area contributed by atoms with Gasteiger partial charge in [0.2, 0.25) is 5.91 Å². The summed E-state index contributed by atoms with van der Waals surface area (Å²) in [6, 6.07) is 18.1. The molecule has 3 rings (SSSR count).